The SMILES string of the molecule is Nc1ccc(C(=O)Nc2cnc3ccccc3c2)nn1. The van der Waals surface area contributed by atoms with Gasteiger partial charge in [-0.2, -0.15) is 0 Å². The summed E-state index contributed by atoms with van der Waals surface area (Å²) in [6.45, 7) is 0. The van der Waals surface area contributed by atoms with Crippen LogP contribution in [0.5, 0.6) is 0 Å². The molecule has 2 heterocycles. The Hall–Kier alpha value is -3.02. The lowest BCUT2D eigenvalue weighted by atomic mass is 10.2. The number of hydrogen-bond acceptors (Lipinski definition) is 5. The summed E-state index contributed by atoms with van der Waals surface area (Å²) in [4.78, 5) is 16.3. The lowest BCUT2D eigenvalue weighted by molar-refractivity contribution is 0.102. The van der Waals surface area contributed by atoms with Crippen LogP contribution in [0.3, 0.4) is 0 Å². The Labute approximate surface area is 114 Å². The van der Waals surface area contributed by atoms with E-state index in [4.69, 9.17) is 5.73 Å². The average molecular weight is 265 g/mol. The summed E-state index contributed by atoms with van der Waals surface area (Å²) in [6.07, 6.45) is 1.60. The summed E-state index contributed by atoms with van der Waals surface area (Å²) in [7, 11) is 0. The molecule has 6 nitrogen and oxygen atoms in total. The molecule has 0 saturated carbocycles. The molecule has 1 amide bonds. The van der Waals surface area contributed by atoms with E-state index >= 15 is 0 Å². The molecule has 98 valence electrons. The number of nitrogen functional groups attached to an aromatic ring is 1. The molecular weight excluding hydrogens is 254 g/mol. The largest absolute Gasteiger partial charge is 0.382 e. The molecule has 0 unspecified atom stereocenters. The van der Waals surface area contributed by atoms with Crippen LogP contribution >= 0.6 is 0 Å². The van der Waals surface area contributed by atoms with E-state index in [0.29, 0.717) is 5.69 Å². The van der Waals surface area contributed by atoms with Crippen molar-refractivity contribution in [1.82, 2.24) is 15.2 Å². The van der Waals surface area contributed by atoms with Gasteiger partial charge in [-0.15, -0.1) is 10.2 Å². The highest BCUT2D eigenvalue weighted by molar-refractivity contribution is 6.03. The first-order valence-electron chi connectivity index (χ1n) is 5.98. The zero-order chi connectivity index (χ0) is 13.9. The van der Waals surface area contributed by atoms with E-state index in [0.717, 1.165) is 10.9 Å². The third-order valence-corrected chi connectivity index (χ3v) is 2.77. The first kappa shape index (κ1) is 12.0. The number of nitrogens with zero attached hydrogens (tertiary/aromatic N) is 3. The Morgan fingerprint density at radius 3 is 2.75 bits per heavy atom. The van der Waals surface area contributed by atoms with Crippen molar-refractivity contribution >= 4 is 28.3 Å². The summed E-state index contributed by atoms with van der Waals surface area (Å²) in [5.41, 5.74) is 7.10. The Morgan fingerprint density at radius 1 is 1.10 bits per heavy atom. The monoisotopic (exact) mass is 265 g/mol. The molecule has 3 rings (SSSR count). The van der Waals surface area contributed by atoms with Crippen LogP contribution in [0, 0.1) is 0 Å². The van der Waals surface area contributed by atoms with Crippen molar-refractivity contribution < 1.29 is 4.79 Å². The van der Waals surface area contributed by atoms with E-state index in [9.17, 15) is 4.79 Å². The number of benzene rings is 1. The van der Waals surface area contributed by atoms with Crippen molar-refractivity contribution in [3.8, 4) is 0 Å². The minimum absolute atomic E-state index is 0.201. The first-order valence-corrected chi connectivity index (χ1v) is 5.98. The number of aromatic nitrogens is 3. The fourth-order valence-electron chi connectivity index (χ4n) is 1.80. The van der Waals surface area contributed by atoms with E-state index in [-0.39, 0.29) is 17.4 Å². The van der Waals surface area contributed by atoms with Gasteiger partial charge in [0.2, 0.25) is 0 Å². The van der Waals surface area contributed by atoms with E-state index in [1.807, 2.05) is 30.3 Å². The summed E-state index contributed by atoms with van der Waals surface area (Å²) in [5.74, 6) is -0.0801. The van der Waals surface area contributed by atoms with Crippen molar-refractivity contribution in [2.45, 2.75) is 0 Å². The molecule has 0 radical (unpaired) electrons. The molecule has 3 aromatic rings. The lowest BCUT2D eigenvalue weighted by Crippen LogP contribution is -2.14. The number of hydrogen-bond donors (Lipinski definition) is 2. The van der Waals surface area contributed by atoms with E-state index in [2.05, 4.69) is 20.5 Å². The van der Waals surface area contributed by atoms with Crippen LogP contribution in [-0.4, -0.2) is 21.1 Å². The molecule has 20 heavy (non-hydrogen) atoms. The summed E-state index contributed by atoms with van der Waals surface area (Å²) in [5, 5.41) is 11.0. The number of carbonyl (C=O) groups is 1. The van der Waals surface area contributed by atoms with Gasteiger partial charge in [0.25, 0.3) is 5.91 Å². The Kier molecular flexibility index (Phi) is 2.96. The molecule has 0 saturated heterocycles. The number of nitrogens with one attached hydrogen (secondary N) is 1. The van der Waals surface area contributed by atoms with E-state index < -0.39 is 0 Å². The number of carbonyl (C=O) groups excluding carboxylic acids is 1. The molecule has 0 spiro atoms. The molecule has 0 aliphatic rings. The number of para-hydroxylation sites is 1. The van der Waals surface area contributed by atoms with Gasteiger partial charge in [0.05, 0.1) is 17.4 Å². The van der Waals surface area contributed by atoms with Gasteiger partial charge in [-0.25, -0.2) is 0 Å². The second kappa shape index (κ2) is 4.93. The third kappa shape index (κ3) is 2.39. The zero-order valence-electron chi connectivity index (χ0n) is 10.4. The van der Waals surface area contributed by atoms with Gasteiger partial charge in [0.15, 0.2) is 5.69 Å². The van der Waals surface area contributed by atoms with Gasteiger partial charge in [0.1, 0.15) is 5.82 Å². The Morgan fingerprint density at radius 2 is 1.95 bits per heavy atom. The highest BCUT2D eigenvalue weighted by Crippen LogP contribution is 2.16. The number of fused-ring (bicyclic) bond motifs is 1. The minimum atomic E-state index is -0.352. The quantitative estimate of drug-likeness (QED) is 0.737. The summed E-state index contributed by atoms with van der Waals surface area (Å²) >= 11 is 0. The van der Waals surface area contributed by atoms with Crippen LogP contribution < -0.4 is 11.1 Å². The molecule has 2 aromatic heterocycles. The van der Waals surface area contributed by atoms with Crippen molar-refractivity contribution in [1.29, 1.82) is 0 Å². The maximum absolute atomic E-state index is 12.0. The number of amides is 1. The van der Waals surface area contributed by atoms with Gasteiger partial charge in [-0.3, -0.25) is 9.78 Å². The van der Waals surface area contributed by atoms with Crippen molar-refractivity contribution in [3.05, 3.63) is 54.4 Å². The molecule has 0 aliphatic heterocycles. The minimum Gasteiger partial charge on any atom is -0.382 e. The van der Waals surface area contributed by atoms with Crippen molar-refractivity contribution in [2.24, 2.45) is 0 Å². The van der Waals surface area contributed by atoms with Crippen LogP contribution in [0.4, 0.5) is 11.5 Å². The van der Waals surface area contributed by atoms with Crippen LogP contribution in [0.25, 0.3) is 10.9 Å². The fraction of sp³-hybridized carbons (Fsp3) is 0. The van der Waals surface area contributed by atoms with Gasteiger partial charge in [0, 0.05) is 5.39 Å². The van der Waals surface area contributed by atoms with Gasteiger partial charge in [-0.1, -0.05) is 18.2 Å². The molecule has 6 heteroatoms. The van der Waals surface area contributed by atoms with Crippen molar-refractivity contribution in [3.63, 3.8) is 0 Å². The zero-order valence-corrected chi connectivity index (χ0v) is 10.4. The molecule has 3 N–H and O–H groups in total. The van der Waals surface area contributed by atoms with Crippen LogP contribution in [0.15, 0.2) is 48.7 Å². The fourth-order valence-corrected chi connectivity index (χ4v) is 1.80. The molecular formula is C14H11N5O. The lowest BCUT2D eigenvalue weighted by Gasteiger charge is -2.05. The predicted octanol–water partition coefficient (Wildman–Crippen LogP) is 1.86. The van der Waals surface area contributed by atoms with E-state index in [1.54, 1.807) is 6.20 Å². The normalized spacial score (nSPS) is 10.4. The van der Waals surface area contributed by atoms with E-state index in [1.165, 1.54) is 12.1 Å². The summed E-state index contributed by atoms with van der Waals surface area (Å²) < 4.78 is 0. The van der Waals surface area contributed by atoms with Gasteiger partial charge < -0.3 is 11.1 Å². The van der Waals surface area contributed by atoms with Crippen LogP contribution in [0.1, 0.15) is 10.5 Å². The predicted molar refractivity (Wildman–Crippen MR) is 76.1 cm³/mol. The molecule has 1 aromatic carbocycles. The number of pyridine rings is 1. The van der Waals surface area contributed by atoms with Crippen LogP contribution in [-0.2, 0) is 0 Å². The topological polar surface area (TPSA) is 93.8 Å². The second-order valence-electron chi connectivity index (χ2n) is 4.21. The molecule has 0 bridgehead atoms. The first-order chi connectivity index (χ1) is 9.72. The third-order valence-electron chi connectivity index (χ3n) is 2.77. The Balaban J connectivity index is 1.85. The van der Waals surface area contributed by atoms with Crippen molar-refractivity contribution in [2.75, 3.05) is 11.1 Å². The summed E-state index contributed by atoms with van der Waals surface area (Å²) in [6, 6.07) is 12.6. The smallest absolute Gasteiger partial charge is 0.276 e. The van der Waals surface area contributed by atoms with Gasteiger partial charge >= 0.3 is 0 Å². The maximum Gasteiger partial charge on any atom is 0.276 e. The highest BCUT2D eigenvalue weighted by atomic mass is 16.1. The van der Waals surface area contributed by atoms with Crippen LogP contribution in [0.2, 0.25) is 0 Å². The van der Waals surface area contributed by atoms with Gasteiger partial charge in [-0.05, 0) is 24.3 Å². The number of rotatable bonds is 2. The Bertz CT molecular complexity index is 770. The second-order valence-corrected chi connectivity index (χ2v) is 4.21. The molecule has 0 atom stereocenters. The highest BCUT2D eigenvalue weighted by Gasteiger charge is 2.08. The molecule has 0 aliphatic carbocycles. The maximum atomic E-state index is 12.0. The average Bonchev–Trinajstić information content (AvgIpc) is 2.48. The number of nitrogens with two attached hydrogens (primary N) is 1. The number of anilines is 2. The standard InChI is InChI=1S/C14H11N5O/c15-13-6-5-12(18-19-13)14(20)17-10-7-9-3-1-2-4-11(9)16-8-10/h1-8H,(H2,15,19)(H,17,20). The molecule has 0 fully saturated rings.